The molecule has 152 valence electrons. The summed E-state index contributed by atoms with van der Waals surface area (Å²) in [6, 6.07) is 13.4. The Hall–Kier alpha value is -3.68. The topological polar surface area (TPSA) is 67.5 Å². The van der Waals surface area contributed by atoms with E-state index in [1.165, 1.54) is 18.2 Å². The van der Waals surface area contributed by atoms with Gasteiger partial charge in [0.15, 0.2) is 0 Å². The van der Waals surface area contributed by atoms with E-state index in [1.54, 1.807) is 16.6 Å². The van der Waals surface area contributed by atoms with Crippen molar-refractivity contribution in [3.63, 3.8) is 0 Å². The van der Waals surface area contributed by atoms with Crippen molar-refractivity contribution in [1.82, 2.24) is 14.6 Å². The van der Waals surface area contributed by atoms with Gasteiger partial charge in [0.2, 0.25) is 0 Å². The van der Waals surface area contributed by atoms with Crippen LogP contribution in [-0.4, -0.2) is 25.7 Å². The Morgan fingerprint density at radius 3 is 2.47 bits per heavy atom. The number of aromatic nitrogens is 3. The van der Waals surface area contributed by atoms with Crippen molar-refractivity contribution in [3.8, 4) is 11.3 Å². The number of nitrogens with zero attached hydrogens (tertiary/aromatic N) is 3. The molecule has 8 heteroatoms. The minimum absolute atomic E-state index is 0.0732. The highest BCUT2D eigenvalue weighted by molar-refractivity contribution is 5.85. The zero-order chi connectivity index (χ0) is 21.5. The number of rotatable bonds is 4. The summed E-state index contributed by atoms with van der Waals surface area (Å²) in [5, 5.41) is 13.8. The molecule has 0 atom stereocenters. The van der Waals surface area contributed by atoms with E-state index in [-0.39, 0.29) is 12.1 Å². The summed E-state index contributed by atoms with van der Waals surface area (Å²) in [4.78, 5) is 15.4. The molecule has 1 N–H and O–H groups in total. The first kappa shape index (κ1) is 19.6. The normalized spacial score (nSPS) is 11.7. The van der Waals surface area contributed by atoms with Crippen LogP contribution in [-0.2, 0) is 12.6 Å². The molecule has 30 heavy (non-hydrogen) atoms. The van der Waals surface area contributed by atoms with Gasteiger partial charge in [0.1, 0.15) is 5.69 Å². The van der Waals surface area contributed by atoms with Crippen molar-refractivity contribution < 1.29 is 23.1 Å². The van der Waals surface area contributed by atoms with E-state index in [1.807, 2.05) is 25.3 Å². The number of hydrogen-bond donors (Lipinski definition) is 1. The fourth-order valence-corrected chi connectivity index (χ4v) is 3.30. The molecule has 3 heterocycles. The van der Waals surface area contributed by atoms with Crippen molar-refractivity contribution in [2.45, 2.75) is 19.5 Å². The lowest BCUT2D eigenvalue weighted by atomic mass is 10.0. The predicted octanol–water partition coefficient (Wildman–Crippen LogP) is 5.01. The fraction of sp³-hybridized carbons (Fsp3) is 0.136. The zero-order valence-corrected chi connectivity index (χ0v) is 15.8. The Balaban J connectivity index is 1.84. The largest absolute Gasteiger partial charge is 0.477 e. The van der Waals surface area contributed by atoms with Crippen molar-refractivity contribution in [2.24, 2.45) is 0 Å². The van der Waals surface area contributed by atoms with E-state index in [9.17, 15) is 23.1 Å². The molecule has 0 amide bonds. The lowest BCUT2D eigenvalue weighted by Crippen LogP contribution is -2.04. The Kier molecular flexibility index (Phi) is 4.77. The van der Waals surface area contributed by atoms with Crippen LogP contribution in [0.15, 0.2) is 60.8 Å². The molecule has 0 aliphatic heterocycles. The van der Waals surface area contributed by atoms with Gasteiger partial charge in [-0.1, -0.05) is 24.3 Å². The monoisotopic (exact) mass is 411 g/mol. The zero-order valence-electron chi connectivity index (χ0n) is 15.8. The van der Waals surface area contributed by atoms with Gasteiger partial charge in [0.05, 0.1) is 16.8 Å². The number of pyridine rings is 2. The molecule has 0 saturated carbocycles. The minimum atomic E-state index is -4.42. The van der Waals surface area contributed by atoms with E-state index >= 15 is 0 Å². The molecule has 4 aromatic rings. The van der Waals surface area contributed by atoms with E-state index in [0.29, 0.717) is 17.0 Å². The number of aromatic carboxylic acids is 1. The standard InChI is InChI=1S/C22H16F3N3O2/c1-13-5-10-19-17(11-16-3-2-4-18(26-16)21(29)30)20(27-28(19)12-13)14-6-8-15(9-7-14)22(23,24)25/h2-10,12H,11H2,1H3,(H,29,30). The van der Waals surface area contributed by atoms with Crippen LogP contribution in [0.2, 0.25) is 0 Å². The second kappa shape index (κ2) is 7.29. The second-order valence-electron chi connectivity index (χ2n) is 6.93. The molecule has 0 aliphatic carbocycles. The molecule has 0 aliphatic rings. The first-order valence-electron chi connectivity index (χ1n) is 9.07. The van der Waals surface area contributed by atoms with Gasteiger partial charge in [-0.05, 0) is 42.8 Å². The van der Waals surface area contributed by atoms with Gasteiger partial charge in [-0.2, -0.15) is 18.3 Å². The molecular weight excluding hydrogens is 395 g/mol. The molecule has 0 fully saturated rings. The van der Waals surface area contributed by atoms with Crippen molar-refractivity contribution in [1.29, 1.82) is 0 Å². The number of aryl methyl sites for hydroxylation is 1. The van der Waals surface area contributed by atoms with Gasteiger partial charge >= 0.3 is 12.1 Å². The van der Waals surface area contributed by atoms with Crippen LogP contribution in [0.1, 0.15) is 32.9 Å². The highest BCUT2D eigenvalue weighted by Crippen LogP contribution is 2.33. The number of alkyl halides is 3. The van der Waals surface area contributed by atoms with E-state index in [2.05, 4.69) is 10.1 Å². The maximum atomic E-state index is 12.9. The van der Waals surface area contributed by atoms with Crippen LogP contribution in [0.4, 0.5) is 13.2 Å². The third kappa shape index (κ3) is 3.76. The third-order valence-electron chi connectivity index (χ3n) is 4.75. The molecule has 3 aromatic heterocycles. The van der Waals surface area contributed by atoms with E-state index in [4.69, 9.17) is 0 Å². The number of fused-ring (bicyclic) bond motifs is 1. The van der Waals surface area contributed by atoms with Crippen molar-refractivity contribution in [2.75, 3.05) is 0 Å². The molecule has 0 spiro atoms. The number of benzene rings is 1. The van der Waals surface area contributed by atoms with Crippen LogP contribution in [0, 0.1) is 6.92 Å². The smallest absolute Gasteiger partial charge is 0.416 e. The average Bonchev–Trinajstić information content (AvgIpc) is 3.05. The molecule has 0 unspecified atom stereocenters. The molecule has 0 radical (unpaired) electrons. The summed E-state index contributed by atoms with van der Waals surface area (Å²) in [5.41, 5.74) is 3.28. The number of hydrogen-bond acceptors (Lipinski definition) is 3. The second-order valence-corrected chi connectivity index (χ2v) is 6.93. The summed E-state index contributed by atoms with van der Waals surface area (Å²) in [6.07, 6.45) is -2.31. The molecule has 0 saturated heterocycles. The van der Waals surface area contributed by atoms with Gasteiger partial charge in [-0.15, -0.1) is 0 Å². The number of carboxylic acid groups (broad SMARTS) is 1. The number of halogens is 3. The molecule has 0 bridgehead atoms. The first-order chi connectivity index (χ1) is 14.2. The van der Waals surface area contributed by atoms with E-state index < -0.39 is 17.7 Å². The van der Waals surface area contributed by atoms with Gasteiger partial charge < -0.3 is 5.11 Å². The summed E-state index contributed by atoms with van der Waals surface area (Å²) in [7, 11) is 0. The van der Waals surface area contributed by atoms with Gasteiger partial charge in [-0.3, -0.25) is 0 Å². The highest BCUT2D eigenvalue weighted by Gasteiger charge is 2.30. The SMILES string of the molecule is Cc1ccc2c(Cc3cccc(C(=O)O)n3)c(-c3ccc(C(F)(F)F)cc3)nn2c1. The highest BCUT2D eigenvalue weighted by atomic mass is 19.4. The Bertz CT molecular complexity index is 1240. The van der Waals surface area contributed by atoms with Crippen LogP contribution in [0.25, 0.3) is 16.8 Å². The summed E-state index contributed by atoms with van der Waals surface area (Å²) in [6.45, 7) is 1.91. The maximum Gasteiger partial charge on any atom is 0.416 e. The Labute approximate surface area is 169 Å². The van der Waals surface area contributed by atoms with Crippen molar-refractivity contribution >= 4 is 11.5 Å². The van der Waals surface area contributed by atoms with Gasteiger partial charge in [0.25, 0.3) is 0 Å². The average molecular weight is 411 g/mol. The molecule has 5 nitrogen and oxygen atoms in total. The summed E-state index contributed by atoms with van der Waals surface area (Å²) >= 11 is 0. The van der Waals surface area contributed by atoms with Crippen LogP contribution < -0.4 is 0 Å². The van der Waals surface area contributed by atoms with E-state index in [0.717, 1.165) is 28.8 Å². The molecule has 4 rings (SSSR count). The molecule has 1 aromatic carbocycles. The quantitative estimate of drug-likeness (QED) is 0.513. The Morgan fingerprint density at radius 2 is 1.80 bits per heavy atom. The Morgan fingerprint density at radius 1 is 1.07 bits per heavy atom. The summed E-state index contributed by atoms with van der Waals surface area (Å²) in [5.74, 6) is -1.13. The molecular formula is C22H16F3N3O2. The third-order valence-corrected chi connectivity index (χ3v) is 4.75. The maximum absolute atomic E-state index is 12.9. The lowest BCUT2D eigenvalue weighted by Gasteiger charge is -2.08. The first-order valence-corrected chi connectivity index (χ1v) is 9.07. The van der Waals surface area contributed by atoms with Crippen LogP contribution in [0.5, 0.6) is 0 Å². The number of carboxylic acids is 1. The van der Waals surface area contributed by atoms with Crippen LogP contribution >= 0.6 is 0 Å². The minimum Gasteiger partial charge on any atom is -0.477 e. The summed E-state index contributed by atoms with van der Waals surface area (Å²) < 4.78 is 40.5. The van der Waals surface area contributed by atoms with Crippen LogP contribution in [0.3, 0.4) is 0 Å². The van der Waals surface area contributed by atoms with Gasteiger partial charge in [0, 0.05) is 29.4 Å². The predicted molar refractivity (Wildman–Crippen MR) is 104 cm³/mol. The number of carbonyl (C=O) groups is 1. The van der Waals surface area contributed by atoms with Gasteiger partial charge in [-0.25, -0.2) is 14.3 Å². The fourth-order valence-electron chi connectivity index (χ4n) is 3.30. The lowest BCUT2D eigenvalue weighted by molar-refractivity contribution is -0.137. The van der Waals surface area contributed by atoms with Crippen molar-refractivity contribution in [3.05, 3.63) is 88.9 Å².